The van der Waals surface area contributed by atoms with Gasteiger partial charge >= 0.3 is 0 Å². The van der Waals surface area contributed by atoms with E-state index in [0.29, 0.717) is 32.7 Å². The molecule has 4 aromatic carbocycles. The van der Waals surface area contributed by atoms with Crippen LogP contribution in [0.3, 0.4) is 0 Å². The summed E-state index contributed by atoms with van der Waals surface area (Å²) >= 11 is 0. The van der Waals surface area contributed by atoms with E-state index in [1.165, 1.54) is 0 Å². The Balaban J connectivity index is 2.14. The van der Waals surface area contributed by atoms with Crippen molar-refractivity contribution < 1.29 is 9.72 Å². The molecule has 0 bridgehead atoms. The standard InChI is InChI=1S/C21H11NO3/c23-21-16-9-4-1-6-12(16)13-10-5-11-17-18(13)19(21)14-7-2-3-8-15(14)20(17)22(24)25/h1-11H. The molecule has 0 fully saturated rings. The minimum Gasteiger partial charge on any atom is -0.289 e. The van der Waals surface area contributed by atoms with Crippen molar-refractivity contribution in [3.63, 3.8) is 0 Å². The van der Waals surface area contributed by atoms with E-state index in [4.69, 9.17) is 0 Å². The maximum atomic E-state index is 13.2. The molecular formula is C21H11NO3. The first kappa shape index (κ1) is 13.9. The third-order valence-electron chi connectivity index (χ3n) is 4.89. The Morgan fingerprint density at radius 2 is 1.28 bits per heavy atom. The van der Waals surface area contributed by atoms with Gasteiger partial charge in [0.25, 0.3) is 5.69 Å². The summed E-state index contributed by atoms with van der Waals surface area (Å²) in [7, 11) is 0. The van der Waals surface area contributed by atoms with Crippen molar-refractivity contribution in [2.45, 2.75) is 0 Å². The first-order chi connectivity index (χ1) is 12.2. The molecular weight excluding hydrogens is 314 g/mol. The van der Waals surface area contributed by atoms with Crippen molar-refractivity contribution in [3.8, 4) is 11.1 Å². The molecule has 0 N–H and O–H groups in total. The largest absolute Gasteiger partial charge is 0.289 e. The number of carbonyl (C=O) groups is 1. The molecule has 1 aliphatic carbocycles. The van der Waals surface area contributed by atoms with Gasteiger partial charge in [0.15, 0.2) is 5.78 Å². The molecule has 4 nitrogen and oxygen atoms in total. The zero-order valence-corrected chi connectivity index (χ0v) is 13.0. The van der Waals surface area contributed by atoms with E-state index in [0.717, 1.165) is 11.1 Å². The van der Waals surface area contributed by atoms with Crippen LogP contribution in [0.15, 0.2) is 66.7 Å². The Kier molecular flexibility index (Phi) is 2.63. The van der Waals surface area contributed by atoms with E-state index in [9.17, 15) is 14.9 Å². The number of rotatable bonds is 1. The zero-order valence-electron chi connectivity index (χ0n) is 13.0. The highest BCUT2D eigenvalue weighted by atomic mass is 16.6. The van der Waals surface area contributed by atoms with Gasteiger partial charge in [-0.15, -0.1) is 0 Å². The Morgan fingerprint density at radius 1 is 0.680 bits per heavy atom. The number of ketones is 1. The van der Waals surface area contributed by atoms with Gasteiger partial charge in [-0.3, -0.25) is 14.9 Å². The van der Waals surface area contributed by atoms with Crippen LogP contribution in [0.2, 0.25) is 0 Å². The summed E-state index contributed by atoms with van der Waals surface area (Å²) in [5.74, 6) is -0.0783. The second kappa shape index (κ2) is 4.74. The number of nitro benzene ring substituents is 1. The summed E-state index contributed by atoms with van der Waals surface area (Å²) in [6.45, 7) is 0. The second-order valence-corrected chi connectivity index (χ2v) is 6.13. The predicted octanol–water partition coefficient (Wildman–Crippen LogP) is 5.11. The first-order valence-electron chi connectivity index (χ1n) is 7.94. The van der Waals surface area contributed by atoms with E-state index in [-0.39, 0.29) is 16.4 Å². The summed E-state index contributed by atoms with van der Waals surface area (Å²) in [6.07, 6.45) is 0. The molecule has 0 aliphatic heterocycles. The molecule has 4 heteroatoms. The van der Waals surface area contributed by atoms with Crippen molar-refractivity contribution in [2.75, 3.05) is 0 Å². The fourth-order valence-corrected chi connectivity index (χ4v) is 3.91. The Hall–Kier alpha value is -3.53. The van der Waals surface area contributed by atoms with Crippen LogP contribution in [0.1, 0.15) is 15.9 Å². The lowest BCUT2D eigenvalue weighted by Gasteiger charge is -2.21. The lowest BCUT2D eigenvalue weighted by molar-refractivity contribution is -0.381. The molecule has 0 unspecified atom stereocenters. The molecule has 0 radical (unpaired) electrons. The molecule has 0 atom stereocenters. The molecule has 0 amide bonds. The quantitative estimate of drug-likeness (QED) is 0.244. The van der Waals surface area contributed by atoms with Crippen molar-refractivity contribution in [2.24, 2.45) is 0 Å². The Morgan fingerprint density at radius 3 is 2.04 bits per heavy atom. The molecule has 0 spiro atoms. The van der Waals surface area contributed by atoms with Crippen LogP contribution < -0.4 is 0 Å². The minimum atomic E-state index is -0.351. The monoisotopic (exact) mass is 325 g/mol. The van der Waals surface area contributed by atoms with Gasteiger partial charge in [0.2, 0.25) is 0 Å². The van der Waals surface area contributed by atoms with E-state index in [1.54, 1.807) is 24.3 Å². The number of nitro groups is 1. The van der Waals surface area contributed by atoms with Gasteiger partial charge in [0, 0.05) is 21.9 Å². The van der Waals surface area contributed by atoms with Crippen molar-refractivity contribution in [1.29, 1.82) is 0 Å². The number of carbonyl (C=O) groups excluding carboxylic acids is 1. The van der Waals surface area contributed by atoms with Crippen LogP contribution in [0.25, 0.3) is 32.7 Å². The average Bonchev–Trinajstić information content (AvgIpc) is 2.64. The van der Waals surface area contributed by atoms with Gasteiger partial charge in [0.05, 0.1) is 15.7 Å². The number of nitrogens with zero attached hydrogens (tertiary/aromatic N) is 1. The zero-order chi connectivity index (χ0) is 17.1. The third kappa shape index (κ3) is 1.68. The summed E-state index contributed by atoms with van der Waals surface area (Å²) in [4.78, 5) is 24.7. The summed E-state index contributed by atoms with van der Waals surface area (Å²) in [5.41, 5.74) is 2.96. The van der Waals surface area contributed by atoms with E-state index in [2.05, 4.69) is 0 Å². The molecule has 0 saturated heterocycles. The molecule has 5 rings (SSSR count). The van der Waals surface area contributed by atoms with Gasteiger partial charge in [-0.2, -0.15) is 0 Å². The maximum absolute atomic E-state index is 13.2. The third-order valence-corrected chi connectivity index (χ3v) is 4.89. The van der Waals surface area contributed by atoms with Crippen LogP contribution in [-0.4, -0.2) is 10.7 Å². The van der Waals surface area contributed by atoms with Crippen LogP contribution in [0.5, 0.6) is 0 Å². The molecule has 0 aromatic heterocycles. The lowest BCUT2D eigenvalue weighted by atomic mass is 9.80. The van der Waals surface area contributed by atoms with Gasteiger partial charge in [-0.25, -0.2) is 0 Å². The van der Waals surface area contributed by atoms with Crippen molar-refractivity contribution >= 4 is 33.0 Å². The number of non-ortho nitro benzene ring substituents is 1. The van der Waals surface area contributed by atoms with Gasteiger partial charge in [-0.05, 0) is 23.3 Å². The van der Waals surface area contributed by atoms with Gasteiger partial charge in [0.1, 0.15) is 0 Å². The van der Waals surface area contributed by atoms with E-state index < -0.39 is 0 Å². The normalized spacial score (nSPS) is 12.4. The average molecular weight is 325 g/mol. The minimum absolute atomic E-state index is 0.0587. The Bertz CT molecular complexity index is 1240. The van der Waals surface area contributed by atoms with Crippen molar-refractivity contribution in [1.82, 2.24) is 0 Å². The van der Waals surface area contributed by atoms with E-state index >= 15 is 0 Å². The second-order valence-electron chi connectivity index (χ2n) is 6.13. The number of hydrogen-bond acceptors (Lipinski definition) is 3. The molecule has 1 aliphatic rings. The lowest BCUT2D eigenvalue weighted by Crippen LogP contribution is -2.11. The molecule has 0 heterocycles. The van der Waals surface area contributed by atoms with E-state index in [1.807, 2.05) is 42.5 Å². The molecule has 25 heavy (non-hydrogen) atoms. The number of benzene rings is 4. The summed E-state index contributed by atoms with van der Waals surface area (Å²) < 4.78 is 0. The molecule has 118 valence electrons. The fraction of sp³-hybridized carbons (Fsp3) is 0. The summed E-state index contributed by atoms with van der Waals surface area (Å²) in [6, 6.07) is 20.0. The highest BCUT2D eigenvalue weighted by Gasteiger charge is 2.31. The smallest absolute Gasteiger partial charge is 0.285 e. The summed E-state index contributed by atoms with van der Waals surface area (Å²) in [5, 5.41) is 14.1. The maximum Gasteiger partial charge on any atom is 0.285 e. The fourth-order valence-electron chi connectivity index (χ4n) is 3.91. The number of fused-ring (bicyclic) bond motifs is 4. The van der Waals surface area contributed by atoms with Crippen LogP contribution in [0.4, 0.5) is 5.69 Å². The number of hydrogen-bond donors (Lipinski definition) is 0. The van der Waals surface area contributed by atoms with Crippen LogP contribution in [-0.2, 0) is 0 Å². The van der Waals surface area contributed by atoms with Gasteiger partial charge < -0.3 is 0 Å². The molecule has 4 aromatic rings. The topological polar surface area (TPSA) is 60.2 Å². The molecule has 0 saturated carbocycles. The van der Waals surface area contributed by atoms with Crippen LogP contribution >= 0.6 is 0 Å². The highest BCUT2D eigenvalue weighted by molar-refractivity contribution is 6.33. The van der Waals surface area contributed by atoms with Crippen LogP contribution in [0, 0.1) is 10.1 Å². The highest BCUT2D eigenvalue weighted by Crippen LogP contribution is 2.46. The van der Waals surface area contributed by atoms with Gasteiger partial charge in [-0.1, -0.05) is 54.6 Å². The SMILES string of the molecule is O=C1c2ccccc2-c2cccc3c([N+](=O)[O-])c4ccccc4c1c23. The Labute approximate surface area is 142 Å². The predicted molar refractivity (Wildman–Crippen MR) is 97.0 cm³/mol. The van der Waals surface area contributed by atoms with Crippen molar-refractivity contribution in [3.05, 3.63) is 88.0 Å². The first-order valence-corrected chi connectivity index (χ1v) is 7.94.